The monoisotopic (exact) mass is 221 g/mol. The quantitative estimate of drug-likeness (QED) is 0.755. The zero-order chi connectivity index (χ0) is 11.6. The summed E-state index contributed by atoms with van der Waals surface area (Å²) in [5.74, 6) is 0. The number of halogens is 1. The van der Waals surface area contributed by atoms with Gasteiger partial charge in [-0.25, -0.2) is 4.39 Å². The Morgan fingerprint density at radius 2 is 1.81 bits per heavy atom. The molecule has 1 aliphatic rings. The van der Waals surface area contributed by atoms with Gasteiger partial charge < -0.3 is 5.73 Å². The number of hydrogen-bond acceptors (Lipinski definition) is 1. The van der Waals surface area contributed by atoms with E-state index in [1.165, 1.54) is 6.42 Å². The molecule has 2 rings (SSSR count). The fraction of sp³-hybridized carbons (Fsp3) is 0.571. The van der Waals surface area contributed by atoms with Gasteiger partial charge in [0.15, 0.2) is 0 Å². The molecule has 16 heavy (non-hydrogen) atoms. The Balaban J connectivity index is 2.43. The SMILES string of the molecule is CC(F)C1(c2ccccc2N)CCCCC1. The van der Waals surface area contributed by atoms with Gasteiger partial charge in [0.25, 0.3) is 0 Å². The van der Waals surface area contributed by atoms with E-state index in [1.807, 2.05) is 24.3 Å². The Labute approximate surface area is 96.9 Å². The molecule has 0 aliphatic heterocycles. The number of nitrogen functional groups attached to an aromatic ring is 1. The molecule has 1 saturated carbocycles. The molecule has 1 fully saturated rings. The van der Waals surface area contributed by atoms with Gasteiger partial charge in [0.05, 0.1) is 0 Å². The van der Waals surface area contributed by atoms with E-state index >= 15 is 0 Å². The zero-order valence-electron chi connectivity index (χ0n) is 9.88. The number of alkyl halides is 1. The van der Waals surface area contributed by atoms with Crippen LogP contribution in [0.5, 0.6) is 0 Å². The second-order valence-electron chi connectivity index (χ2n) is 4.92. The van der Waals surface area contributed by atoms with Crippen LogP contribution >= 0.6 is 0 Å². The highest BCUT2D eigenvalue weighted by Gasteiger charge is 2.40. The molecular weight excluding hydrogens is 201 g/mol. The van der Waals surface area contributed by atoms with Crippen molar-refractivity contribution in [3.8, 4) is 0 Å². The summed E-state index contributed by atoms with van der Waals surface area (Å²) in [5, 5.41) is 0. The van der Waals surface area contributed by atoms with Gasteiger partial charge in [-0.15, -0.1) is 0 Å². The van der Waals surface area contributed by atoms with E-state index in [0.29, 0.717) is 0 Å². The third-order valence-corrected chi connectivity index (χ3v) is 4.00. The lowest BCUT2D eigenvalue weighted by Gasteiger charge is -2.40. The summed E-state index contributed by atoms with van der Waals surface area (Å²) in [6, 6.07) is 7.76. The summed E-state index contributed by atoms with van der Waals surface area (Å²) in [4.78, 5) is 0. The van der Waals surface area contributed by atoms with Crippen molar-refractivity contribution in [1.29, 1.82) is 0 Å². The molecule has 1 atom stereocenters. The molecule has 2 N–H and O–H groups in total. The van der Waals surface area contributed by atoms with Crippen LogP contribution in [0.2, 0.25) is 0 Å². The molecule has 0 spiro atoms. The molecule has 0 amide bonds. The van der Waals surface area contributed by atoms with Crippen molar-refractivity contribution < 1.29 is 4.39 Å². The van der Waals surface area contributed by atoms with E-state index in [-0.39, 0.29) is 5.41 Å². The molecule has 88 valence electrons. The maximum Gasteiger partial charge on any atom is 0.107 e. The summed E-state index contributed by atoms with van der Waals surface area (Å²) in [7, 11) is 0. The number of hydrogen-bond donors (Lipinski definition) is 1. The molecule has 1 aromatic carbocycles. The van der Waals surface area contributed by atoms with Crippen LogP contribution < -0.4 is 5.73 Å². The van der Waals surface area contributed by atoms with E-state index in [1.54, 1.807) is 6.92 Å². The van der Waals surface area contributed by atoms with Gasteiger partial charge in [-0.05, 0) is 31.4 Å². The van der Waals surface area contributed by atoms with Crippen LogP contribution in [0.1, 0.15) is 44.6 Å². The van der Waals surface area contributed by atoms with E-state index in [0.717, 1.165) is 36.9 Å². The van der Waals surface area contributed by atoms with Crippen LogP contribution in [-0.2, 0) is 5.41 Å². The third kappa shape index (κ3) is 1.81. The van der Waals surface area contributed by atoms with Gasteiger partial charge in [-0.1, -0.05) is 37.5 Å². The van der Waals surface area contributed by atoms with Crippen molar-refractivity contribution in [3.05, 3.63) is 29.8 Å². The normalized spacial score (nSPS) is 21.6. The van der Waals surface area contributed by atoms with E-state index in [4.69, 9.17) is 5.73 Å². The van der Waals surface area contributed by atoms with Crippen molar-refractivity contribution in [2.45, 2.75) is 50.6 Å². The van der Waals surface area contributed by atoms with Crippen LogP contribution in [0, 0.1) is 0 Å². The molecule has 1 nitrogen and oxygen atoms in total. The van der Waals surface area contributed by atoms with Gasteiger partial charge in [-0.2, -0.15) is 0 Å². The maximum absolute atomic E-state index is 14.1. The lowest BCUT2D eigenvalue weighted by molar-refractivity contribution is 0.151. The lowest BCUT2D eigenvalue weighted by atomic mass is 9.66. The maximum atomic E-state index is 14.1. The highest BCUT2D eigenvalue weighted by molar-refractivity contribution is 5.51. The fourth-order valence-corrected chi connectivity index (χ4v) is 3.01. The molecule has 1 unspecified atom stereocenters. The van der Waals surface area contributed by atoms with Crippen molar-refractivity contribution in [2.24, 2.45) is 0 Å². The van der Waals surface area contributed by atoms with Crippen molar-refractivity contribution >= 4 is 5.69 Å². The molecule has 0 aromatic heterocycles. The lowest BCUT2D eigenvalue weighted by Crippen LogP contribution is -2.38. The number of anilines is 1. The molecule has 0 saturated heterocycles. The van der Waals surface area contributed by atoms with Crippen LogP contribution in [0.25, 0.3) is 0 Å². The standard InChI is InChI=1S/C14H20FN/c1-11(15)14(9-5-2-6-10-14)12-7-3-4-8-13(12)16/h3-4,7-8,11H,2,5-6,9-10,16H2,1H3. The average Bonchev–Trinajstić information content (AvgIpc) is 2.30. The highest BCUT2D eigenvalue weighted by Crippen LogP contribution is 2.45. The van der Waals surface area contributed by atoms with Gasteiger partial charge in [-0.3, -0.25) is 0 Å². The largest absolute Gasteiger partial charge is 0.398 e. The Kier molecular flexibility index (Phi) is 3.17. The molecule has 1 aliphatic carbocycles. The van der Waals surface area contributed by atoms with Crippen molar-refractivity contribution in [2.75, 3.05) is 5.73 Å². The Bertz CT molecular complexity index is 354. The van der Waals surface area contributed by atoms with Crippen LogP contribution in [0.15, 0.2) is 24.3 Å². The van der Waals surface area contributed by atoms with E-state index in [9.17, 15) is 4.39 Å². The van der Waals surface area contributed by atoms with E-state index < -0.39 is 6.17 Å². The molecule has 1 aromatic rings. The Morgan fingerprint density at radius 3 is 2.38 bits per heavy atom. The highest BCUT2D eigenvalue weighted by atomic mass is 19.1. The Morgan fingerprint density at radius 1 is 1.19 bits per heavy atom. The van der Waals surface area contributed by atoms with Gasteiger partial charge >= 0.3 is 0 Å². The molecule has 0 heterocycles. The topological polar surface area (TPSA) is 26.0 Å². The first-order valence-corrected chi connectivity index (χ1v) is 6.16. The summed E-state index contributed by atoms with van der Waals surface area (Å²) >= 11 is 0. The van der Waals surface area contributed by atoms with Crippen LogP contribution in [-0.4, -0.2) is 6.17 Å². The zero-order valence-corrected chi connectivity index (χ0v) is 9.88. The second kappa shape index (κ2) is 4.44. The molecule has 2 heteroatoms. The van der Waals surface area contributed by atoms with Crippen LogP contribution in [0.3, 0.4) is 0 Å². The predicted molar refractivity (Wildman–Crippen MR) is 66.2 cm³/mol. The summed E-state index contributed by atoms with van der Waals surface area (Å²) in [6.07, 6.45) is 4.49. The number of benzene rings is 1. The second-order valence-corrected chi connectivity index (χ2v) is 4.92. The molecule has 0 radical (unpaired) electrons. The average molecular weight is 221 g/mol. The third-order valence-electron chi connectivity index (χ3n) is 4.00. The first kappa shape index (κ1) is 11.4. The minimum atomic E-state index is -0.822. The smallest absolute Gasteiger partial charge is 0.107 e. The van der Waals surface area contributed by atoms with Crippen molar-refractivity contribution in [3.63, 3.8) is 0 Å². The van der Waals surface area contributed by atoms with Gasteiger partial charge in [0, 0.05) is 11.1 Å². The van der Waals surface area contributed by atoms with Gasteiger partial charge in [0.2, 0.25) is 0 Å². The minimum Gasteiger partial charge on any atom is -0.398 e. The number of para-hydroxylation sites is 1. The predicted octanol–water partition coefficient (Wildman–Crippen LogP) is 3.83. The van der Waals surface area contributed by atoms with Crippen molar-refractivity contribution in [1.82, 2.24) is 0 Å². The summed E-state index contributed by atoms with van der Waals surface area (Å²) < 4.78 is 14.1. The molecular formula is C14H20FN. The first-order valence-electron chi connectivity index (χ1n) is 6.16. The fourth-order valence-electron chi connectivity index (χ4n) is 3.01. The minimum absolute atomic E-state index is 0.330. The summed E-state index contributed by atoms with van der Waals surface area (Å²) in [5.41, 5.74) is 7.44. The number of rotatable bonds is 2. The van der Waals surface area contributed by atoms with Gasteiger partial charge in [0.1, 0.15) is 6.17 Å². The van der Waals surface area contributed by atoms with E-state index in [2.05, 4.69) is 0 Å². The Hall–Kier alpha value is -1.05. The number of nitrogens with two attached hydrogens (primary N) is 1. The first-order chi connectivity index (χ1) is 7.67. The van der Waals surface area contributed by atoms with Crippen LogP contribution in [0.4, 0.5) is 10.1 Å². The molecule has 0 bridgehead atoms. The summed E-state index contributed by atoms with van der Waals surface area (Å²) in [6.45, 7) is 1.68.